The minimum absolute atomic E-state index is 0.0316. The molecule has 0 heterocycles. The van der Waals surface area contributed by atoms with Crippen LogP contribution >= 0.6 is 8.03 Å². The quantitative estimate of drug-likeness (QED) is 0.859. The summed E-state index contributed by atoms with van der Waals surface area (Å²) in [5, 5.41) is 0.824. The molecule has 0 bridgehead atoms. The summed E-state index contributed by atoms with van der Waals surface area (Å²) >= 11 is 0. The molecule has 3 nitrogen and oxygen atoms in total. The average molecular weight is 311 g/mol. The highest BCUT2D eigenvalue weighted by Crippen LogP contribution is 2.35. The molecule has 21 heavy (non-hydrogen) atoms. The Morgan fingerprint density at radius 3 is 2.05 bits per heavy atom. The first-order valence-electron chi connectivity index (χ1n) is 7.57. The molecular weight excluding hydrogens is 281 g/mol. The predicted octanol–water partition coefficient (Wildman–Crippen LogP) is 3.88. The third kappa shape index (κ3) is 4.42. The number of rotatable bonds is 4. The number of benzene rings is 1. The van der Waals surface area contributed by atoms with Crippen LogP contribution in [0.1, 0.15) is 65.2 Å². The molecule has 1 unspecified atom stereocenters. The van der Waals surface area contributed by atoms with Crippen LogP contribution in [0.15, 0.2) is 12.1 Å². The lowest BCUT2D eigenvalue weighted by Gasteiger charge is -2.29. The highest BCUT2D eigenvalue weighted by Gasteiger charge is 2.27. The van der Waals surface area contributed by atoms with E-state index in [1.165, 1.54) is 5.56 Å². The van der Waals surface area contributed by atoms with E-state index in [1.54, 1.807) is 0 Å². The van der Waals surface area contributed by atoms with Crippen molar-refractivity contribution in [3.8, 4) is 0 Å². The first-order valence-corrected chi connectivity index (χ1v) is 8.89. The molecule has 1 rings (SSSR count). The SMILES string of the molecule is CCO[PH](=O)c1c(CN)cc(C(C)(C)C)cc1C(C)(C)C. The molecule has 0 fully saturated rings. The Bertz CT molecular complexity index is 525. The molecule has 0 amide bonds. The van der Waals surface area contributed by atoms with Gasteiger partial charge in [-0.05, 0) is 34.4 Å². The summed E-state index contributed by atoms with van der Waals surface area (Å²) in [5.74, 6) is 0. The van der Waals surface area contributed by atoms with Gasteiger partial charge in [0.25, 0.3) is 0 Å². The van der Waals surface area contributed by atoms with E-state index in [0.717, 1.165) is 16.4 Å². The molecule has 0 aliphatic carbocycles. The second-order valence-corrected chi connectivity index (χ2v) is 8.85. The van der Waals surface area contributed by atoms with Gasteiger partial charge in [0.05, 0.1) is 6.61 Å². The first kappa shape index (κ1) is 18.4. The second-order valence-electron chi connectivity index (χ2n) is 7.48. The summed E-state index contributed by atoms with van der Waals surface area (Å²) in [6.45, 7) is 15.7. The van der Waals surface area contributed by atoms with Gasteiger partial charge in [-0.25, -0.2) is 0 Å². The lowest BCUT2D eigenvalue weighted by Crippen LogP contribution is -2.27. The molecule has 1 aromatic rings. The highest BCUT2D eigenvalue weighted by molar-refractivity contribution is 7.48. The van der Waals surface area contributed by atoms with Gasteiger partial charge < -0.3 is 10.3 Å². The van der Waals surface area contributed by atoms with E-state index in [4.69, 9.17) is 10.3 Å². The Labute approximate surface area is 130 Å². The van der Waals surface area contributed by atoms with E-state index >= 15 is 0 Å². The molecule has 0 aliphatic heterocycles. The van der Waals surface area contributed by atoms with Gasteiger partial charge in [-0.3, -0.25) is 4.57 Å². The van der Waals surface area contributed by atoms with E-state index < -0.39 is 8.03 Å². The fourth-order valence-corrected chi connectivity index (χ4v) is 3.84. The molecular formula is C17H30NO2P. The Morgan fingerprint density at radius 2 is 1.67 bits per heavy atom. The van der Waals surface area contributed by atoms with E-state index in [0.29, 0.717) is 13.2 Å². The van der Waals surface area contributed by atoms with Crippen LogP contribution in [0.5, 0.6) is 0 Å². The lowest BCUT2D eigenvalue weighted by atomic mass is 9.79. The van der Waals surface area contributed by atoms with Crippen molar-refractivity contribution < 1.29 is 9.09 Å². The monoisotopic (exact) mass is 311 g/mol. The van der Waals surface area contributed by atoms with Crippen molar-refractivity contribution in [3.05, 3.63) is 28.8 Å². The third-order valence-corrected chi connectivity index (χ3v) is 5.14. The molecule has 2 N–H and O–H groups in total. The first-order chi connectivity index (χ1) is 9.52. The van der Waals surface area contributed by atoms with Crippen LogP contribution in [0.25, 0.3) is 0 Å². The van der Waals surface area contributed by atoms with Crippen LogP contribution in [-0.4, -0.2) is 6.61 Å². The van der Waals surface area contributed by atoms with E-state index in [-0.39, 0.29) is 10.8 Å². The van der Waals surface area contributed by atoms with Crippen molar-refractivity contribution >= 4 is 13.3 Å². The largest absolute Gasteiger partial charge is 0.328 e. The van der Waals surface area contributed by atoms with Gasteiger partial charge >= 0.3 is 0 Å². The second kappa shape index (κ2) is 6.64. The molecule has 0 saturated carbocycles. The minimum atomic E-state index is -2.26. The molecule has 0 spiro atoms. The van der Waals surface area contributed by atoms with Gasteiger partial charge in [0, 0.05) is 11.8 Å². The number of nitrogens with two attached hydrogens (primary N) is 1. The van der Waals surface area contributed by atoms with Crippen molar-refractivity contribution in [3.63, 3.8) is 0 Å². The lowest BCUT2D eigenvalue weighted by molar-refractivity contribution is 0.356. The van der Waals surface area contributed by atoms with Crippen LogP contribution in [0, 0.1) is 0 Å². The summed E-state index contributed by atoms with van der Waals surface area (Å²) in [4.78, 5) is 0. The smallest absolute Gasteiger partial charge is 0.221 e. The topological polar surface area (TPSA) is 52.3 Å². The van der Waals surface area contributed by atoms with E-state index in [2.05, 4.69) is 53.7 Å². The van der Waals surface area contributed by atoms with Gasteiger partial charge in [0.1, 0.15) is 0 Å². The normalized spacial score (nSPS) is 14.3. The average Bonchev–Trinajstić information content (AvgIpc) is 2.35. The molecule has 0 radical (unpaired) electrons. The molecule has 0 aliphatic rings. The zero-order valence-corrected chi connectivity index (χ0v) is 15.5. The van der Waals surface area contributed by atoms with E-state index in [9.17, 15) is 4.57 Å². The zero-order valence-electron chi connectivity index (χ0n) is 14.5. The maximum atomic E-state index is 12.6. The minimum Gasteiger partial charge on any atom is -0.328 e. The maximum absolute atomic E-state index is 12.6. The molecule has 1 atom stereocenters. The number of hydrogen-bond acceptors (Lipinski definition) is 3. The van der Waals surface area contributed by atoms with Crippen molar-refractivity contribution in [1.82, 2.24) is 0 Å². The van der Waals surface area contributed by atoms with Gasteiger partial charge in [0.2, 0.25) is 8.03 Å². The van der Waals surface area contributed by atoms with Crippen molar-refractivity contribution in [2.45, 2.75) is 65.8 Å². The number of hydrogen-bond donors (Lipinski definition) is 1. The molecule has 120 valence electrons. The van der Waals surface area contributed by atoms with Crippen molar-refractivity contribution in [2.75, 3.05) is 6.61 Å². The summed E-state index contributed by atoms with van der Waals surface area (Å²) in [5.41, 5.74) is 9.13. The van der Waals surface area contributed by atoms with E-state index in [1.807, 2.05) is 6.92 Å². The fraction of sp³-hybridized carbons (Fsp3) is 0.647. The van der Waals surface area contributed by atoms with Gasteiger partial charge in [0.15, 0.2) is 0 Å². The molecule has 1 aromatic carbocycles. The van der Waals surface area contributed by atoms with Gasteiger partial charge in [-0.1, -0.05) is 53.7 Å². The van der Waals surface area contributed by atoms with Crippen LogP contribution in [0.4, 0.5) is 0 Å². The summed E-state index contributed by atoms with van der Waals surface area (Å²) < 4.78 is 18.0. The van der Waals surface area contributed by atoms with Gasteiger partial charge in [-0.2, -0.15) is 0 Å². The molecule has 4 heteroatoms. The van der Waals surface area contributed by atoms with Crippen LogP contribution < -0.4 is 11.0 Å². The Balaban J connectivity index is 3.65. The van der Waals surface area contributed by atoms with Crippen LogP contribution in [-0.2, 0) is 26.5 Å². The molecule has 0 aromatic heterocycles. The fourth-order valence-electron chi connectivity index (χ4n) is 2.33. The molecule has 0 saturated heterocycles. The highest BCUT2D eigenvalue weighted by atomic mass is 31.1. The van der Waals surface area contributed by atoms with Crippen LogP contribution in [0.2, 0.25) is 0 Å². The predicted molar refractivity (Wildman–Crippen MR) is 92.0 cm³/mol. The van der Waals surface area contributed by atoms with Crippen molar-refractivity contribution in [1.29, 1.82) is 0 Å². The Kier molecular flexibility index (Phi) is 5.83. The van der Waals surface area contributed by atoms with Crippen molar-refractivity contribution in [2.24, 2.45) is 5.73 Å². The standard InChI is InChI=1S/C17H30NO2P/c1-8-20-21(19)15-12(11-18)9-13(16(2,3)4)10-14(15)17(5,6)7/h9-10,21H,8,11,18H2,1-7H3. The van der Waals surface area contributed by atoms with Crippen LogP contribution in [0.3, 0.4) is 0 Å². The maximum Gasteiger partial charge on any atom is 0.221 e. The Hall–Kier alpha value is -0.630. The summed E-state index contributed by atoms with van der Waals surface area (Å²) in [6, 6.07) is 4.27. The summed E-state index contributed by atoms with van der Waals surface area (Å²) in [7, 11) is -2.26. The van der Waals surface area contributed by atoms with Gasteiger partial charge in [-0.15, -0.1) is 0 Å². The third-order valence-electron chi connectivity index (χ3n) is 3.59. The Morgan fingerprint density at radius 1 is 1.10 bits per heavy atom. The summed E-state index contributed by atoms with van der Waals surface area (Å²) in [6.07, 6.45) is 0. The zero-order chi connectivity index (χ0) is 16.4.